The Kier molecular flexibility index (Phi) is 4.06. The number of carbonyl (C=O) groups is 2. The number of aromatic carboxylic acids is 1. The molecule has 108 valence electrons. The van der Waals surface area contributed by atoms with E-state index >= 15 is 0 Å². The van der Waals surface area contributed by atoms with Gasteiger partial charge in [-0.2, -0.15) is 0 Å². The third kappa shape index (κ3) is 2.81. The van der Waals surface area contributed by atoms with Crippen molar-refractivity contribution in [3.63, 3.8) is 0 Å². The summed E-state index contributed by atoms with van der Waals surface area (Å²) < 4.78 is 5.27. The van der Waals surface area contributed by atoms with E-state index < -0.39 is 17.5 Å². The normalized spacial score (nSPS) is 25.4. The fourth-order valence-electron chi connectivity index (χ4n) is 2.20. The van der Waals surface area contributed by atoms with E-state index in [0.717, 1.165) is 0 Å². The highest BCUT2D eigenvalue weighted by Gasteiger charge is 2.39. The summed E-state index contributed by atoms with van der Waals surface area (Å²) in [7, 11) is 0. The number of hydrogen-bond acceptors (Lipinski definition) is 4. The minimum Gasteiger partial charge on any atom is -0.478 e. The second kappa shape index (κ2) is 5.60. The number of rotatable bonds is 4. The standard InChI is InChI=1S/C14H17NO5/c1-9-14(19,6-7-20-9)8-15-12(16)10-4-2-3-5-11(10)13(17)18/h2-5,9,19H,6-8H2,1H3,(H,15,16)(H,17,18). The van der Waals surface area contributed by atoms with E-state index in [1.165, 1.54) is 12.1 Å². The number of carboxylic acids is 1. The summed E-state index contributed by atoms with van der Waals surface area (Å²) in [6.45, 7) is 2.21. The highest BCUT2D eigenvalue weighted by Crippen LogP contribution is 2.24. The van der Waals surface area contributed by atoms with Crippen LogP contribution in [0.5, 0.6) is 0 Å². The van der Waals surface area contributed by atoms with Crippen molar-refractivity contribution >= 4 is 11.9 Å². The highest BCUT2D eigenvalue weighted by molar-refractivity contribution is 6.04. The first-order chi connectivity index (χ1) is 9.44. The van der Waals surface area contributed by atoms with Crippen molar-refractivity contribution in [3.05, 3.63) is 35.4 Å². The van der Waals surface area contributed by atoms with Gasteiger partial charge in [0.05, 0.1) is 17.2 Å². The average Bonchev–Trinajstić information content (AvgIpc) is 2.76. The maximum Gasteiger partial charge on any atom is 0.336 e. The summed E-state index contributed by atoms with van der Waals surface area (Å²) in [4.78, 5) is 23.1. The molecule has 0 bridgehead atoms. The van der Waals surface area contributed by atoms with Crippen molar-refractivity contribution in [1.29, 1.82) is 0 Å². The second-order valence-corrected chi connectivity index (χ2v) is 4.90. The molecule has 0 aromatic heterocycles. The Morgan fingerprint density at radius 2 is 2.05 bits per heavy atom. The van der Waals surface area contributed by atoms with Crippen molar-refractivity contribution in [2.24, 2.45) is 0 Å². The van der Waals surface area contributed by atoms with Gasteiger partial charge in [0.1, 0.15) is 5.60 Å². The second-order valence-electron chi connectivity index (χ2n) is 4.90. The summed E-state index contributed by atoms with van der Waals surface area (Å²) in [5.41, 5.74) is -1.09. The van der Waals surface area contributed by atoms with Gasteiger partial charge in [-0.05, 0) is 19.1 Å². The van der Waals surface area contributed by atoms with Gasteiger partial charge in [0, 0.05) is 19.6 Å². The molecule has 1 fully saturated rings. The monoisotopic (exact) mass is 279 g/mol. The molecular weight excluding hydrogens is 262 g/mol. The first-order valence-corrected chi connectivity index (χ1v) is 6.38. The first-order valence-electron chi connectivity index (χ1n) is 6.38. The van der Waals surface area contributed by atoms with Crippen molar-refractivity contribution in [1.82, 2.24) is 5.32 Å². The van der Waals surface area contributed by atoms with Gasteiger partial charge < -0.3 is 20.3 Å². The van der Waals surface area contributed by atoms with Crippen LogP contribution in [0.2, 0.25) is 0 Å². The maximum absolute atomic E-state index is 12.0. The molecule has 2 unspecified atom stereocenters. The van der Waals surface area contributed by atoms with Gasteiger partial charge in [-0.1, -0.05) is 12.1 Å². The zero-order chi connectivity index (χ0) is 14.8. The summed E-state index contributed by atoms with van der Waals surface area (Å²) in [5.74, 6) is -1.68. The Balaban J connectivity index is 2.08. The SMILES string of the molecule is CC1OCCC1(O)CNC(=O)c1ccccc1C(=O)O. The van der Waals surface area contributed by atoms with Crippen molar-refractivity contribution < 1.29 is 24.5 Å². The van der Waals surface area contributed by atoms with Gasteiger partial charge in [-0.15, -0.1) is 0 Å². The Morgan fingerprint density at radius 3 is 2.60 bits per heavy atom. The van der Waals surface area contributed by atoms with Crippen molar-refractivity contribution in [3.8, 4) is 0 Å². The predicted octanol–water partition coefficient (Wildman–Crippen LogP) is 0.654. The maximum atomic E-state index is 12.0. The van der Waals surface area contributed by atoms with Gasteiger partial charge in [0.25, 0.3) is 5.91 Å². The largest absolute Gasteiger partial charge is 0.478 e. The number of aliphatic hydroxyl groups is 1. The molecule has 0 radical (unpaired) electrons. The Hall–Kier alpha value is -1.92. The molecule has 0 spiro atoms. The van der Waals surface area contributed by atoms with Crippen LogP contribution in [0.15, 0.2) is 24.3 Å². The van der Waals surface area contributed by atoms with Crippen molar-refractivity contribution in [2.45, 2.75) is 25.0 Å². The topological polar surface area (TPSA) is 95.9 Å². The number of benzene rings is 1. The predicted molar refractivity (Wildman–Crippen MR) is 70.7 cm³/mol. The van der Waals surface area contributed by atoms with Gasteiger partial charge in [0.15, 0.2) is 0 Å². The lowest BCUT2D eigenvalue weighted by Gasteiger charge is -2.26. The number of hydrogen-bond donors (Lipinski definition) is 3. The van der Waals surface area contributed by atoms with Gasteiger partial charge in [-0.3, -0.25) is 4.79 Å². The fraction of sp³-hybridized carbons (Fsp3) is 0.429. The van der Waals surface area contributed by atoms with Gasteiger partial charge in [-0.25, -0.2) is 4.79 Å². The van der Waals surface area contributed by atoms with Crippen LogP contribution in [0.4, 0.5) is 0 Å². The molecule has 3 N–H and O–H groups in total. The lowest BCUT2D eigenvalue weighted by Crippen LogP contribution is -2.47. The lowest BCUT2D eigenvalue weighted by atomic mass is 9.96. The quantitative estimate of drug-likeness (QED) is 0.752. The zero-order valence-corrected chi connectivity index (χ0v) is 11.1. The minimum atomic E-state index is -1.16. The van der Waals surface area contributed by atoms with Crippen LogP contribution in [0, 0.1) is 0 Å². The van der Waals surface area contributed by atoms with Crippen LogP contribution in [0.3, 0.4) is 0 Å². The Bertz CT molecular complexity index is 530. The molecule has 6 nitrogen and oxygen atoms in total. The molecule has 1 heterocycles. The van der Waals surface area contributed by atoms with E-state index in [9.17, 15) is 14.7 Å². The number of carboxylic acid groups (broad SMARTS) is 1. The van der Waals surface area contributed by atoms with Crippen molar-refractivity contribution in [2.75, 3.05) is 13.2 Å². The minimum absolute atomic E-state index is 0.0287. The fourth-order valence-corrected chi connectivity index (χ4v) is 2.20. The smallest absolute Gasteiger partial charge is 0.336 e. The number of carbonyl (C=O) groups excluding carboxylic acids is 1. The molecule has 1 aromatic carbocycles. The van der Waals surface area contributed by atoms with Crippen LogP contribution < -0.4 is 5.32 Å². The number of amides is 1. The van der Waals surface area contributed by atoms with Crippen LogP contribution in [-0.2, 0) is 4.74 Å². The molecule has 1 amide bonds. The highest BCUT2D eigenvalue weighted by atomic mass is 16.5. The first kappa shape index (κ1) is 14.5. The molecule has 2 rings (SSSR count). The van der Waals surface area contributed by atoms with E-state index in [0.29, 0.717) is 13.0 Å². The molecular formula is C14H17NO5. The Labute approximate surface area is 116 Å². The van der Waals surface area contributed by atoms with Crippen LogP contribution in [0.25, 0.3) is 0 Å². The van der Waals surface area contributed by atoms with Crippen LogP contribution in [-0.4, -0.2) is 46.9 Å². The molecule has 1 saturated heterocycles. The zero-order valence-electron chi connectivity index (χ0n) is 11.1. The molecule has 2 atom stereocenters. The van der Waals surface area contributed by atoms with E-state index in [1.54, 1.807) is 19.1 Å². The number of ether oxygens (including phenoxy) is 1. The molecule has 1 aliphatic rings. The Morgan fingerprint density at radius 1 is 1.40 bits per heavy atom. The molecule has 6 heteroatoms. The summed E-state index contributed by atoms with van der Waals surface area (Å²) in [5, 5.41) is 21.9. The van der Waals surface area contributed by atoms with Crippen LogP contribution >= 0.6 is 0 Å². The summed E-state index contributed by atoms with van der Waals surface area (Å²) in [6.07, 6.45) is 0.0761. The molecule has 1 aromatic rings. The van der Waals surface area contributed by atoms with Gasteiger partial charge >= 0.3 is 5.97 Å². The molecule has 0 saturated carbocycles. The molecule has 0 aliphatic carbocycles. The van der Waals surface area contributed by atoms with E-state index in [4.69, 9.17) is 9.84 Å². The van der Waals surface area contributed by atoms with E-state index in [2.05, 4.69) is 5.32 Å². The summed E-state index contributed by atoms with van der Waals surface area (Å²) in [6, 6.07) is 5.96. The number of nitrogens with one attached hydrogen (secondary N) is 1. The van der Waals surface area contributed by atoms with Gasteiger partial charge in [0.2, 0.25) is 0 Å². The van der Waals surface area contributed by atoms with E-state index in [-0.39, 0.29) is 23.8 Å². The third-order valence-corrected chi connectivity index (χ3v) is 3.62. The lowest BCUT2D eigenvalue weighted by molar-refractivity contribution is -0.0251. The molecule has 20 heavy (non-hydrogen) atoms. The van der Waals surface area contributed by atoms with Crippen LogP contribution in [0.1, 0.15) is 34.1 Å². The van der Waals surface area contributed by atoms with E-state index in [1.807, 2.05) is 0 Å². The summed E-state index contributed by atoms with van der Waals surface area (Å²) >= 11 is 0. The average molecular weight is 279 g/mol. The third-order valence-electron chi connectivity index (χ3n) is 3.62. The molecule has 1 aliphatic heterocycles.